The predicted molar refractivity (Wildman–Crippen MR) is 64.4 cm³/mol. The normalized spacial score (nSPS) is 10.4. The van der Waals surface area contributed by atoms with Crippen LogP contribution in [0.3, 0.4) is 0 Å². The van der Waals surface area contributed by atoms with Crippen LogP contribution in [0.5, 0.6) is 0 Å². The number of nitro groups is 1. The molecule has 0 aliphatic carbocycles. The Morgan fingerprint density at radius 2 is 2.37 bits per heavy atom. The molecule has 0 aliphatic rings. The van der Waals surface area contributed by atoms with Crippen molar-refractivity contribution in [2.75, 3.05) is 0 Å². The second kappa shape index (κ2) is 4.88. The number of aromatic amines is 1. The van der Waals surface area contributed by atoms with E-state index in [4.69, 9.17) is 0 Å². The van der Waals surface area contributed by atoms with E-state index in [2.05, 4.69) is 20.6 Å². The maximum atomic E-state index is 11.7. The minimum Gasteiger partial charge on any atom is -0.358 e. The van der Waals surface area contributed by atoms with Crippen molar-refractivity contribution in [2.24, 2.45) is 7.05 Å². The first kappa shape index (κ1) is 12.7. The van der Waals surface area contributed by atoms with Crippen molar-refractivity contribution in [3.63, 3.8) is 0 Å². The van der Waals surface area contributed by atoms with Crippen LogP contribution >= 0.6 is 0 Å². The fraction of sp³-hybridized carbons (Fsp3) is 0.300. The van der Waals surface area contributed by atoms with E-state index in [1.165, 1.54) is 0 Å². The smallest absolute Gasteiger partial charge is 0.343 e. The van der Waals surface area contributed by atoms with E-state index in [9.17, 15) is 14.9 Å². The lowest BCUT2D eigenvalue weighted by Crippen LogP contribution is -2.23. The summed E-state index contributed by atoms with van der Waals surface area (Å²) in [7, 11) is 1.79. The Morgan fingerprint density at radius 3 is 2.89 bits per heavy atom. The Balaban J connectivity index is 2.01. The van der Waals surface area contributed by atoms with Crippen molar-refractivity contribution >= 4 is 11.7 Å². The van der Waals surface area contributed by atoms with Crippen molar-refractivity contribution < 1.29 is 9.72 Å². The molecule has 0 saturated carbocycles. The van der Waals surface area contributed by atoms with Crippen LogP contribution < -0.4 is 5.32 Å². The van der Waals surface area contributed by atoms with E-state index < -0.39 is 10.8 Å². The van der Waals surface area contributed by atoms with Crippen LogP contribution in [0, 0.1) is 17.0 Å². The third kappa shape index (κ3) is 2.76. The molecule has 2 heterocycles. The van der Waals surface area contributed by atoms with Gasteiger partial charge < -0.3 is 15.4 Å². The van der Waals surface area contributed by atoms with Gasteiger partial charge in [-0.3, -0.25) is 9.48 Å². The van der Waals surface area contributed by atoms with E-state index in [0.717, 1.165) is 17.3 Å². The van der Waals surface area contributed by atoms with E-state index in [0.29, 0.717) is 6.54 Å². The molecule has 0 fully saturated rings. The van der Waals surface area contributed by atoms with E-state index >= 15 is 0 Å². The van der Waals surface area contributed by atoms with E-state index in [-0.39, 0.29) is 11.5 Å². The van der Waals surface area contributed by atoms with Gasteiger partial charge >= 0.3 is 5.82 Å². The number of rotatable bonds is 4. The number of hydrogen-bond acceptors (Lipinski definition) is 5. The molecule has 0 bridgehead atoms. The van der Waals surface area contributed by atoms with Crippen LogP contribution in [0.4, 0.5) is 5.82 Å². The van der Waals surface area contributed by atoms with Crippen LogP contribution in [0.1, 0.15) is 21.7 Å². The van der Waals surface area contributed by atoms with Gasteiger partial charge in [-0.15, -0.1) is 5.10 Å². The molecule has 0 unspecified atom stereocenters. The van der Waals surface area contributed by atoms with Gasteiger partial charge in [0.2, 0.25) is 0 Å². The van der Waals surface area contributed by atoms with Gasteiger partial charge in [-0.2, -0.15) is 5.10 Å². The predicted octanol–water partition coefficient (Wildman–Crippen LogP) is 0.290. The summed E-state index contributed by atoms with van der Waals surface area (Å²) in [6, 6.07) is 1.09. The van der Waals surface area contributed by atoms with Gasteiger partial charge in [0.25, 0.3) is 5.91 Å². The van der Waals surface area contributed by atoms with Gasteiger partial charge in [0, 0.05) is 25.4 Å². The summed E-state index contributed by atoms with van der Waals surface area (Å²) in [6.07, 6.45) is 1.79. The molecule has 2 N–H and O–H groups in total. The quantitative estimate of drug-likeness (QED) is 0.607. The number of carbonyl (C=O) groups excluding carboxylic acids is 1. The zero-order valence-corrected chi connectivity index (χ0v) is 10.4. The Labute approximate surface area is 107 Å². The second-order valence-corrected chi connectivity index (χ2v) is 3.99. The number of aromatic nitrogens is 4. The average molecular weight is 264 g/mol. The number of nitrogens with zero attached hydrogens (tertiary/aromatic N) is 4. The van der Waals surface area contributed by atoms with E-state index in [1.807, 2.05) is 6.92 Å². The number of H-pyrrole nitrogens is 1. The van der Waals surface area contributed by atoms with Gasteiger partial charge in [-0.1, -0.05) is 5.10 Å². The third-order valence-electron chi connectivity index (χ3n) is 2.55. The molecule has 0 spiro atoms. The Kier molecular flexibility index (Phi) is 3.27. The highest BCUT2D eigenvalue weighted by molar-refractivity contribution is 5.92. The molecular weight excluding hydrogens is 252 g/mol. The molecular formula is C10H12N6O3. The fourth-order valence-corrected chi connectivity index (χ4v) is 1.61. The van der Waals surface area contributed by atoms with Crippen molar-refractivity contribution in [2.45, 2.75) is 13.5 Å². The molecule has 19 heavy (non-hydrogen) atoms. The Hall–Kier alpha value is -2.71. The van der Waals surface area contributed by atoms with Gasteiger partial charge in [0.05, 0.1) is 11.8 Å². The summed E-state index contributed by atoms with van der Waals surface area (Å²) in [5, 5.41) is 23.0. The molecule has 2 aromatic heterocycles. The van der Waals surface area contributed by atoms with E-state index in [1.54, 1.807) is 17.9 Å². The number of amides is 1. The molecule has 0 saturated heterocycles. The summed E-state index contributed by atoms with van der Waals surface area (Å²) >= 11 is 0. The molecule has 9 heteroatoms. The summed E-state index contributed by atoms with van der Waals surface area (Å²) in [4.78, 5) is 21.5. The lowest BCUT2D eigenvalue weighted by atomic mass is 10.2. The van der Waals surface area contributed by atoms with Gasteiger partial charge in [-0.05, 0) is 11.8 Å². The van der Waals surface area contributed by atoms with Crippen LogP contribution in [0.15, 0.2) is 12.3 Å². The minimum absolute atomic E-state index is 0.0201. The molecule has 0 aromatic carbocycles. The second-order valence-electron chi connectivity index (χ2n) is 3.99. The lowest BCUT2D eigenvalue weighted by molar-refractivity contribution is -0.389. The highest BCUT2D eigenvalue weighted by atomic mass is 16.6. The summed E-state index contributed by atoms with van der Waals surface area (Å²) in [5.74, 6) is -0.796. The average Bonchev–Trinajstić information content (AvgIpc) is 2.93. The zero-order valence-electron chi connectivity index (χ0n) is 10.4. The first-order valence-corrected chi connectivity index (χ1v) is 5.44. The number of hydrogen-bond donors (Lipinski definition) is 2. The van der Waals surface area contributed by atoms with Gasteiger partial charge in [-0.25, -0.2) is 0 Å². The van der Waals surface area contributed by atoms with Crippen LogP contribution in [-0.2, 0) is 13.6 Å². The summed E-state index contributed by atoms with van der Waals surface area (Å²) in [5.41, 5.74) is 1.67. The zero-order chi connectivity index (χ0) is 14.0. The molecule has 9 nitrogen and oxygen atoms in total. The molecule has 1 amide bonds. The largest absolute Gasteiger partial charge is 0.358 e. The number of nitrogens with one attached hydrogen (secondary N) is 2. The molecule has 2 rings (SSSR count). The van der Waals surface area contributed by atoms with Crippen molar-refractivity contribution in [3.8, 4) is 0 Å². The Morgan fingerprint density at radius 1 is 1.63 bits per heavy atom. The van der Waals surface area contributed by atoms with Crippen molar-refractivity contribution in [3.05, 3.63) is 39.3 Å². The molecule has 0 aliphatic heterocycles. The summed E-state index contributed by atoms with van der Waals surface area (Å²) in [6.45, 7) is 2.13. The minimum atomic E-state index is -0.644. The van der Waals surface area contributed by atoms with Gasteiger partial charge in [0.1, 0.15) is 0 Å². The maximum Gasteiger partial charge on any atom is 0.343 e. The maximum absolute atomic E-state index is 11.7. The first-order chi connectivity index (χ1) is 8.97. The first-order valence-electron chi connectivity index (χ1n) is 5.44. The monoisotopic (exact) mass is 264 g/mol. The van der Waals surface area contributed by atoms with Crippen LogP contribution in [0.25, 0.3) is 0 Å². The van der Waals surface area contributed by atoms with Gasteiger partial charge in [0.15, 0.2) is 5.69 Å². The topological polar surface area (TPSA) is 119 Å². The highest BCUT2D eigenvalue weighted by Gasteiger charge is 2.16. The summed E-state index contributed by atoms with van der Waals surface area (Å²) < 4.78 is 1.65. The fourth-order valence-electron chi connectivity index (χ4n) is 1.61. The van der Waals surface area contributed by atoms with Crippen molar-refractivity contribution in [1.29, 1.82) is 0 Å². The van der Waals surface area contributed by atoms with Crippen molar-refractivity contribution in [1.82, 2.24) is 25.3 Å². The van der Waals surface area contributed by atoms with Crippen LogP contribution in [0.2, 0.25) is 0 Å². The third-order valence-corrected chi connectivity index (χ3v) is 2.55. The lowest BCUT2D eigenvalue weighted by Gasteiger charge is -2.00. The molecule has 100 valence electrons. The SMILES string of the molecule is Cc1nn(C)cc1CNC(=O)c1cc([N+](=O)[O-])[nH]n1. The molecule has 0 radical (unpaired) electrons. The number of aryl methyl sites for hydroxylation is 2. The number of carbonyl (C=O) groups is 1. The molecule has 2 aromatic rings. The van der Waals surface area contributed by atoms with Crippen LogP contribution in [-0.4, -0.2) is 30.8 Å². The standard InChI is InChI=1S/C10H12N6O3/c1-6-7(5-15(2)14-6)4-11-10(17)8-3-9(13-12-8)16(18)19/h3,5H,4H2,1-2H3,(H,11,17)(H,12,13). The highest BCUT2D eigenvalue weighted by Crippen LogP contribution is 2.08. The molecule has 0 atom stereocenters. The Bertz CT molecular complexity index is 629.